The Hall–Kier alpha value is -1.97. The smallest absolute Gasteiger partial charge is 0.343 e. The molecule has 21 heavy (non-hydrogen) atoms. The second-order valence-electron chi connectivity index (χ2n) is 5.81. The number of methoxy groups -OCH3 is 1. The van der Waals surface area contributed by atoms with Gasteiger partial charge in [-0.2, -0.15) is 0 Å². The van der Waals surface area contributed by atoms with Gasteiger partial charge >= 0.3 is 5.97 Å². The molecule has 1 fully saturated rings. The maximum Gasteiger partial charge on any atom is 0.343 e. The van der Waals surface area contributed by atoms with Crippen LogP contribution >= 0.6 is 0 Å². The third kappa shape index (κ3) is 3.38. The van der Waals surface area contributed by atoms with Crippen LogP contribution in [0, 0.1) is 17.8 Å². The summed E-state index contributed by atoms with van der Waals surface area (Å²) in [5.41, 5.74) is 1.09. The van der Waals surface area contributed by atoms with Crippen molar-refractivity contribution in [3.05, 3.63) is 36.4 Å². The van der Waals surface area contributed by atoms with Gasteiger partial charge in [0.05, 0.1) is 7.11 Å². The van der Waals surface area contributed by atoms with Gasteiger partial charge in [-0.15, -0.1) is 0 Å². The molecule has 0 aliphatic heterocycles. The van der Waals surface area contributed by atoms with E-state index in [0.717, 1.165) is 30.0 Å². The number of allylic oxidation sites excluding steroid dienone is 2. The molecule has 2 aliphatic rings. The van der Waals surface area contributed by atoms with E-state index in [1.807, 2.05) is 24.3 Å². The van der Waals surface area contributed by atoms with Crippen LogP contribution in [0.3, 0.4) is 0 Å². The zero-order valence-electron chi connectivity index (χ0n) is 12.2. The fourth-order valence-electron chi connectivity index (χ4n) is 3.25. The highest BCUT2D eigenvalue weighted by atomic mass is 16.6. The Morgan fingerprint density at radius 3 is 2.67 bits per heavy atom. The molecule has 1 N–H and O–H groups in total. The molecule has 3 rings (SSSR count). The normalized spacial score (nSPS) is 25.9. The fourth-order valence-corrected chi connectivity index (χ4v) is 3.25. The molecule has 4 nitrogen and oxygen atoms in total. The molecule has 2 bridgehead atoms. The van der Waals surface area contributed by atoms with Crippen molar-refractivity contribution >= 4 is 11.7 Å². The van der Waals surface area contributed by atoms with Crippen LogP contribution in [0.5, 0.6) is 5.75 Å². The summed E-state index contributed by atoms with van der Waals surface area (Å²) in [6.07, 6.45) is 7.40. The molecular weight excluding hydrogens is 266 g/mol. The predicted molar refractivity (Wildman–Crippen MR) is 81.3 cm³/mol. The monoisotopic (exact) mass is 287 g/mol. The molecular formula is C17H21NO3. The van der Waals surface area contributed by atoms with Gasteiger partial charge in [0.2, 0.25) is 0 Å². The molecule has 0 amide bonds. The minimum Gasteiger partial charge on any atom is -0.482 e. The van der Waals surface area contributed by atoms with Crippen LogP contribution < -0.4 is 10.1 Å². The second kappa shape index (κ2) is 6.20. The van der Waals surface area contributed by atoms with Crippen LogP contribution in [0.25, 0.3) is 0 Å². The lowest BCUT2D eigenvalue weighted by Gasteiger charge is -2.19. The molecule has 0 radical (unpaired) electrons. The minimum absolute atomic E-state index is 0.0548. The number of ether oxygens (including phenoxy) is 2. The third-order valence-corrected chi connectivity index (χ3v) is 4.42. The molecule has 1 aromatic rings. The summed E-state index contributed by atoms with van der Waals surface area (Å²) in [5.74, 6) is 2.65. The molecule has 4 heteroatoms. The molecule has 2 aliphatic carbocycles. The first-order valence-corrected chi connectivity index (χ1v) is 7.46. The van der Waals surface area contributed by atoms with Gasteiger partial charge < -0.3 is 14.8 Å². The average molecular weight is 287 g/mol. The number of nitrogens with one attached hydrogen (secondary N) is 1. The van der Waals surface area contributed by atoms with Crippen LogP contribution in [0.4, 0.5) is 5.69 Å². The Bertz CT molecular complexity index is 523. The Labute approximate surface area is 125 Å². The number of carbonyl (C=O) groups excluding carboxylic acids is 1. The van der Waals surface area contributed by atoms with Crippen molar-refractivity contribution in [3.8, 4) is 5.75 Å². The van der Waals surface area contributed by atoms with Crippen molar-refractivity contribution in [2.24, 2.45) is 17.8 Å². The molecule has 0 spiro atoms. The summed E-state index contributed by atoms with van der Waals surface area (Å²) in [6.45, 7) is 0.967. The van der Waals surface area contributed by atoms with Crippen LogP contribution in [-0.2, 0) is 9.53 Å². The van der Waals surface area contributed by atoms with E-state index in [1.54, 1.807) is 0 Å². The van der Waals surface area contributed by atoms with Gasteiger partial charge in [0.1, 0.15) is 5.75 Å². The third-order valence-electron chi connectivity index (χ3n) is 4.42. The van der Waals surface area contributed by atoms with Gasteiger partial charge in [0.15, 0.2) is 6.61 Å². The van der Waals surface area contributed by atoms with Gasteiger partial charge in [-0.1, -0.05) is 12.2 Å². The van der Waals surface area contributed by atoms with Crippen LogP contribution in [-0.4, -0.2) is 26.2 Å². The Kier molecular flexibility index (Phi) is 4.13. The Morgan fingerprint density at radius 2 is 2.05 bits per heavy atom. The van der Waals surface area contributed by atoms with E-state index >= 15 is 0 Å². The lowest BCUT2D eigenvalue weighted by molar-refractivity contribution is -0.142. The molecule has 112 valence electrons. The highest BCUT2D eigenvalue weighted by Gasteiger charge is 2.35. The maximum absolute atomic E-state index is 11.0. The maximum atomic E-state index is 11.0. The van der Waals surface area contributed by atoms with E-state index in [0.29, 0.717) is 5.75 Å². The molecule has 1 saturated carbocycles. The molecule has 3 unspecified atom stereocenters. The van der Waals surface area contributed by atoms with Gasteiger partial charge in [-0.25, -0.2) is 4.79 Å². The van der Waals surface area contributed by atoms with Crippen molar-refractivity contribution < 1.29 is 14.3 Å². The summed E-state index contributed by atoms with van der Waals surface area (Å²) < 4.78 is 9.85. The topological polar surface area (TPSA) is 47.6 Å². The number of fused-ring (bicyclic) bond motifs is 2. The average Bonchev–Trinajstić information content (AvgIpc) is 3.14. The van der Waals surface area contributed by atoms with Crippen molar-refractivity contribution in [2.75, 3.05) is 25.6 Å². The van der Waals surface area contributed by atoms with E-state index in [1.165, 1.54) is 20.0 Å². The molecule has 1 aromatic carbocycles. The first kappa shape index (κ1) is 14.0. The van der Waals surface area contributed by atoms with E-state index in [-0.39, 0.29) is 12.6 Å². The van der Waals surface area contributed by atoms with Crippen molar-refractivity contribution in [2.45, 2.75) is 12.8 Å². The minimum atomic E-state index is -0.374. The lowest BCUT2D eigenvalue weighted by atomic mass is 9.93. The van der Waals surface area contributed by atoms with Crippen LogP contribution in [0.1, 0.15) is 12.8 Å². The zero-order chi connectivity index (χ0) is 14.7. The van der Waals surface area contributed by atoms with Gasteiger partial charge in [0.25, 0.3) is 0 Å². The number of esters is 1. The van der Waals surface area contributed by atoms with Crippen LogP contribution in [0.15, 0.2) is 36.4 Å². The lowest BCUT2D eigenvalue weighted by Crippen LogP contribution is -2.18. The molecule has 3 atom stereocenters. The number of hydrogen-bond acceptors (Lipinski definition) is 4. The number of anilines is 1. The largest absolute Gasteiger partial charge is 0.482 e. The first-order chi connectivity index (χ1) is 10.2. The molecule has 0 heterocycles. The summed E-state index contributed by atoms with van der Waals surface area (Å²) in [4.78, 5) is 11.0. The predicted octanol–water partition coefficient (Wildman–Crippen LogP) is 2.86. The quantitative estimate of drug-likeness (QED) is 0.645. The van der Waals surface area contributed by atoms with Gasteiger partial charge in [-0.05, 0) is 54.9 Å². The Balaban J connectivity index is 1.46. The van der Waals surface area contributed by atoms with E-state index in [4.69, 9.17) is 4.74 Å². The number of carbonyl (C=O) groups is 1. The number of hydrogen-bond donors (Lipinski definition) is 1. The van der Waals surface area contributed by atoms with Crippen molar-refractivity contribution in [3.63, 3.8) is 0 Å². The van der Waals surface area contributed by atoms with E-state index in [2.05, 4.69) is 22.2 Å². The number of benzene rings is 1. The standard InChI is InChI=1S/C17H21NO3/c1-20-17(19)11-21-16-6-4-15(5-7-16)18-10-14-9-12-2-3-13(14)8-12/h2-7,12-14,18H,8-11H2,1H3. The van der Waals surface area contributed by atoms with Gasteiger partial charge in [-0.3, -0.25) is 0 Å². The fraction of sp³-hybridized carbons (Fsp3) is 0.471. The Morgan fingerprint density at radius 1 is 1.24 bits per heavy atom. The molecule has 0 saturated heterocycles. The summed E-state index contributed by atoms with van der Waals surface area (Å²) in [6, 6.07) is 7.70. The SMILES string of the molecule is COC(=O)COc1ccc(NCC2CC3C=CC2C3)cc1. The van der Waals surface area contributed by atoms with E-state index < -0.39 is 0 Å². The van der Waals surface area contributed by atoms with Crippen molar-refractivity contribution in [1.29, 1.82) is 0 Å². The highest BCUT2D eigenvalue weighted by Crippen LogP contribution is 2.43. The van der Waals surface area contributed by atoms with Crippen molar-refractivity contribution in [1.82, 2.24) is 0 Å². The number of rotatable bonds is 6. The summed E-state index contributed by atoms with van der Waals surface area (Å²) in [5, 5.41) is 3.49. The first-order valence-electron chi connectivity index (χ1n) is 7.46. The summed E-state index contributed by atoms with van der Waals surface area (Å²) in [7, 11) is 1.35. The van der Waals surface area contributed by atoms with Gasteiger partial charge in [0, 0.05) is 12.2 Å². The van der Waals surface area contributed by atoms with Crippen LogP contribution in [0.2, 0.25) is 0 Å². The second-order valence-corrected chi connectivity index (χ2v) is 5.81. The zero-order valence-corrected chi connectivity index (χ0v) is 12.2. The highest BCUT2D eigenvalue weighted by molar-refractivity contribution is 5.70. The van der Waals surface area contributed by atoms with E-state index in [9.17, 15) is 4.79 Å². The summed E-state index contributed by atoms with van der Waals surface area (Å²) >= 11 is 0. The molecule has 0 aromatic heterocycles.